The van der Waals surface area contributed by atoms with E-state index < -0.39 is 0 Å². The highest BCUT2D eigenvalue weighted by molar-refractivity contribution is 5.99. The molecule has 0 bridgehead atoms. The van der Waals surface area contributed by atoms with Gasteiger partial charge in [0.1, 0.15) is 11.4 Å². The third-order valence-electron chi connectivity index (χ3n) is 3.16. The van der Waals surface area contributed by atoms with Gasteiger partial charge in [-0.25, -0.2) is 0 Å². The largest absolute Gasteiger partial charge is 0.361 e. The SMILES string of the molecule is Cn1ncc2c1NC(c1ccccc1)CNC2=O. The van der Waals surface area contributed by atoms with Crippen molar-refractivity contribution in [2.75, 3.05) is 11.9 Å². The molecule has 5 nitrogen and oxygen atoms in total. The van der Waals surface area contributed by atoms with Gasteiger partial charge in [0.2, 0.25) is 0 Å². The molecule has 1 unspecified atom stereocenters. The number of nitrogens with zero attached hydrogens (tertiary/aromatic N) is 2. The lowest BCUT2D eigenvalue weighted by Gasteiger charge is -2.17. The third-order valence-corrected chi connectivity index (χ3v) is 3.16. The van der Waals surface area contributed by atoms with E-state index in [0.717, 1.165) is 11.4 Å². The normalized spacial score (nSPS) is 18.5. The Hall–Kier alpha value is -2.30. The van der Waals surface area contributed by atoms with Crippen LogP contribution >= 0.6 is 0 Å². The van der Waals surface area contributed by atoms with Crippen LogP contribution in [0.1, 0.15) is 22.0 Å². The summed E-state index contributed by atoms with van der Waals surface area (Å²) < 4.78 is 1.69. The monoisotopic (exact) mass is 242 g/mol. The molecule has 92 valence electrons. The molecule has 0 aliphatic carbocycles. The molecule has 3 rings (SSSR count). The highest BCUT2D eigenvalue weighted by atomic mass is 16.1. The number of rotatable bonds is 1. The number of hydrogen-bond acceptors (Lipinski definition) is 3. The van der Waals surface area contributed by atoms with Gasteiger partial charge in [-0.2, -0.15) is 5.10 Å². The molecule has 2 aromatic rings. The van der Waals surface area contributed by atoms with E-state index in [1.165, 1.54) is 0 Å². The molecule has 1 aromatic carbocycles. The first-order valence-corrected chi connectivity index (χ1v) is 5.87. The van der Waals surface area contributed by atoms with Crippen molar-refractivity contribution in [2.45, 2.75) is 6.04 Å². The Morgan fingerprint density at radius 2 is 2.11 bits per heavy atom. The number of carbonyl (C=O) groups is 1. The third kappa shape index (κ3) is 1.73. The standard InChI is InChI=1S/C13H14N4O/c1-17-12-10(7-15-17)13(18)14-8-11(16-12)9-5-3-2-4-6-9/h2-7,11,16H,8H2,1H3,(H,14,18). The lowest BCUT2D eigenvalue weighted by atomic mass is 10.1. The second-order valence-electron chi connectivity index (χ2n) is 4.35. The second kappa shape index (κ2) is 4.18. The predicted octanol–water partition coefficient (Wildman–Crippen LogP) is 1.32. The van der Waals surface area contributed by atoms with Gasteiger partial charge in [0.05, 0.1) is 12.2 Å². The van der Waals surface area contributed by atoms with Crippen molar-refractivity contribution < 1.29 is 4.79 Å². The van der Waals surface area contributed by atoms with Crippen LogP contribution in [-0.4, -0.2) is 22.2 Å². The summed E-state index contributed by atoms with van der Waals surface area (Å²) >= 11 is 0. The van der Waals surface area contributed by atoms with Crippen molar-refractivity contribution in [1.29, 1.82) is 0 Å². The van der Waals surface area contributed by atoms with E-state index >= 15 is 0 Å². The fourth-order valence-electron chi connectivity index (χ4n) is 2.17. The van der Waals surface area contributed by atoms with Gasteiger partial charge in [0.15, 0.2) is 0 Å². The number of aromatic nitrogens is 2. The molecule has 0 spiro atoms. The van der Waals surface area contributed by atoms with E-state index in [4.69, 9.17) is 0 Å². The number of amides is 1. The molecule has 0 saturated heterocycles. The van der Waals surface area contributed by atoms with E-state index in [1.807, 2.05) is 37.4 Å². The molecule has 0 fully saturated rings. The van der Waals surface area contributed by atoms with Crippen LogP contribution in [0.25, 0.3) is 0 Å². The zero-order chi connectivity index (χ0) is 12.5. The van der Waals surface area contributed by atoms with Crippen LogP contribution in [0, 0.1) is 0 Å². The average molecular weight is 242 g/mol. The minimum Gasteiger partial charge on any atom is -0.361 e. The Bertz CT molecular complexity index is 576. The molecule has 0 radical (unpaired) electrons. The van der Waals surface area contributed by atoms with Gasteiger partial charge in [0, 0.05) is 13.6 Å². The summed E-state index contributed by atoms with van der Waals surface area (Å²) in [6.45, 7) is 0.567. The number of anilines is 1. The van der Waals surface area contributed by atoms with Gasteiger partial charge >= 0.3 is 0 Å². The quantitative estimate of drug-likeness (QED) is 0.793. The van der Waals surface area contributed by atoms with Crippen LogP contribution in [0.3, 0.4) is 0 Å². The molecule has 0 saturated carbocycles. The molecule has 1 aromatic heterocycles. The van der Waals surface area contributed by atoms with E-state index in [2.05, 4.69) is 15.7 Å². The number of carbonyl (C=O) groups excluding carboxylic acids is 1. The number of hydrogen-bond donors (Lipinski definition) is 2. The summed E-state index contributed by atoms with van der Waals surface area (Å²) in [4.78, 5) is 11.9. The van der Waals surface area contributed by atoms with Gasteiger partial charge < -0.3 is 10.6 Å². The summed E-state index contributed by atoms with van der Waals surface area (Å²) in [5, 5.41) is 10.4. The summed E-state index contributed by atoms with van der Waals surface area (Å²) in [6, 6.07) is 10.1. The first-order chi connectivity index (χ1) is 8.75. The topological polar surface area (TPSA) is 59.0 Å². The molecule has 1 aliphatic heterocycles. The van der Waals surface area contributed by atoms with Crippen LogP contribution in [0.4, 0.5) is 5.82 Å². The smallest absolute Gasteiger partial charge is 0.256 e. The molecule has 1 atom stereocenters. The van der Waals surface area contributed by atoms with E-state index in [1.54, 1.807) is 10.9 Å². The van der Waals surface area contributed by atoms with E-state index in [9.17, 15) is 4.79 Å². The summed E-state index contributed by atoms with van der Waals surface area (Å²) in [5.41, 5.74) is 1.74. The second-order valence-corrected chi connectivity index (χ2v) is 4.35. The van der Waals surface area contributed by atoms with Crippen LogP contribution in [0.15, 0.2) is 36.5 Å². The first-order valence-electron chi connectivity index (χ1n) is 5.87. The fraction of sp³-hybridized carbons (Fsp3) is 0.231. The van der Waals surface area contributed by atoms with Gasteiger partial charge in [-0.15, -0.1) is 0 Å². The van der Waals surface area contributed by atoms with Crippen LogP contribution < -0.4 is 10.6 Å². The maximum atomic E-state index is 11.9. The first kappa shape index (κ1) is 10.8. The maximum Gasteiger partial charge on any atom is 0.256 e. The number of fused-ring (bicyclic) bond motifs is 1. The van der Waals surface area contributed by atoms with Gasteiger partial charge in [-0.05, 0) is 5.56 Å². The van der Waals surface area contributed by atoms with Crippen molar-refractivity contribution in [2.24, 2.45) is 7.05 Å². The van der Waals surface area contributed by atoms with Crippen LogP contribution in [0.5, 0.6) is 0 Å². The number of nitrogens with one attached hydrogen (secondary N) is 2. The van der Waals surface area contributed by atoms with E-state index in [0.29, 0.717) is 12.1 Å². The highest BCUT2D eigenvalue weighted by Crippen LogP contribution is 2.24. The Morgan fingerprint density at radius 1 is 1.33 bits per heavy atom. The summed E-state index contributed by atoms with van der Waals surface area (Å²) in [5.74, 6) is 0.683. The fourth-order valence-corrected chi connectivity index (χ4v) is 2.17. The lowest BCUT2D eigenvalue weighted by molar-refractivity contribution is 0.0955. The van der Waals surface area contributed by atoms with Crippen molar-refractivity contribution >= 4 is 11.7 Å². The van der Waals surface area contributed by atoms with Crippen molar-refractivity contribution in [1.82, 2.24) is 15.1 Å². The van der Waals surface area contributed by atoms with Crippen LogP contribution in [0.2, 0.25) is 0 Å². The highest BCUT2D eigenvalue weighted by Gasteiger charge is 2.24. The molecule has 18 heavy (non-hydrogen) atoms. The molecule has 2 heterocycles. The molecule has 1 amide bonds. The van der Waals surface area contributed by atoms with Gasteiger partial charge in [0.25, 0.3) is 5.91 Å². The summed E-state index contributed by atoms with van der Waals surface area (Å²) in [7, 11) is 1.83. The minimum absolute atomic E-state index is 0.0619. The van der Waals surface area contributed by atoms with E-state index in [-0.39, 0.29) is 11.9 Å². The number of benzene rings is 1. The average Bonchev–Trinajstić information content (AvgIpc) is 2.67. The molecular formula is C13H14N4O. The van der Waals surface area contributed by atoms with Crippen molar-refractivity contribution in [3.05, 3.63) is 47.7 Å². The van der Waals surface area contributed by atoms with Gasteiger partial charge in [-0.1, -0.05) is 30.3 Å². The van der Waals surface area contributed by atoms with Crippen molar-refractivity contribution in [3.8, 4) is 0 Å². The Balaban J connectivity index is 1.98. The molecule has 2 N–H and O–H groups in total. The zero-order valence-corrected chi connectivity index (χ0v) is 10.1. The van der Waals surface area contributed by atoms with Gasteiger partial charge in [-0.3, -0.25) is 9.48 Å². The number of aryl methyl sites for hydroxylation is 1. The Kier molecular flexibility index (Phi) is 2.51. The molecule has 5 heteroatoms. The Morgan fingerprint density at radius 3 is 2.89 bits per heavy atom. The minimum atomic E-state index is -0.0796. The Labute approximate surface area is 105 Å². The lowest BCUT2D eigenvalue weighted by Crippen LogP contribution is -2.27. The summed E-state index contributed by atoms with van der Waals surface area (Å²) in [6.07, 6.45) is 1.59. The van der Waals surface area contributed by atoms with Crippen LogP contribution in [-0.2, 0) is 7.05 Å². The van der Waals surface area contributed by atoms with Crippen molar-refractivity contribution in [3.63, 3.8) is 0 Å². The zero-order valence-electron chi connectivity index (χ0n) is 10.1. The molecule has 1 aliphatic rings. The maximum absolute atomic E-state index is 11.9. The predicted molar refractivity (Wildman–Crippen MR) is 68.3 cm³/mol. The molecular weight excluding hydrogens is 228 g/mol.